The summed E-state index contributed by atoms with van der Waals surface area (Å²) in [6.07, 6.45) is 2.04. The predicted molar refractivity (Wildman–Crippen MR) is 73.6 cm³/mol. The fourth-order valence-electron chi connectivity index (χ4n) is 3.65. The Morgan fingerprint density at radius 1 is 1.35 bits per heavy atom. The van der Waals surface area contributed by atoms with E-state index in [1.165, 1.54) is 7.11 Å². The number of fused-ring (bicyclic) bond motifs is 3. The number of pyridine rings is 1. The molecular formula is C15H20N2O3. The first-order chi connectivity index (χ1) is 9.70. The molecule has 0 aromatic carbocycles. The molecule has 0 spiro atoms. The molecule has 0 amide bonds. The van der Waals surface area contributed by atoms with Gasteiger partial charge in [-0.2, -0.15) is 0 Å². The zero-order valence-electron chi connectivity index (χ0n) is 12.0. The van der Waals surface area contributed by atoms with Crippen molar-refractivity contribution in [3.63, 3.8) is 0 Å². The van der Waals surface area contributed by atoms with E-state index >= 15 is 0 Å². The van der Waals surface area contributed by atoms with Gasteiger partial charge in [-0.1, -0.05) is 6.07 Å². The number of ether oxygens (including phenoxy) is 2. The lowest BCUT2D eigenvalue weighted by atomic mass is 9.64. The number of rotatable bonds is 3. The number of nitrogens with zero attached hydrogens (tertiary/aromatic N) is 2. The highest BCUT2D eigenvalue weighted by Gasteiger charge is 2.55. The maximum atomic E-state index is 12.5. The van der Waals surface area contributed by atoms with Crippen molar-refractivity contribution in [3.8, 4) is 5.88 Å². The number of esters is 1. The van der Waals surface area contributed by atoms with Crippen LogP contribution in [-0.2, 0) is 14.9 Å². The van der Waals surface area contributed by atoms with Gasteiger partial charge in [0.1, 0.15) is 5.41 Å². The molecule has 3 saturated heterocycles. The van der Waals surface area contributed by atoms with Crippen LogP contribution in [0.5, 0.6) is 5.88 Å². The summed E-state index contributed by atoms with van der Waals surface area (Å²) in [5.74, 6) is 0.675. The summed E-state index contributed by atoms with van der Waals surface area (Å²) in [6, 6.07) is 5.61. The lowest BCUT2D eigenvalue weighted by Crippen LogP contribution is -2.61. The molecule has 108 valence electrons. The average Bonchev–Trinajstić information content (AvgIpc) is 2.54. The van der Waals surface area contributed by atoms with Gasteiger partial charge in [-0.25, -0.2) is 4.98 Å². The molecule has 1 aromatic heterocycles. The van der Waals surface area contributed by atoms with Crippen molar-refractivity contribution in [2.45, 2.75) is 18.3 Å². The second-order valence-corrected chi connectivity index (χ2v) is 5.58. The van der Waals surface area contributed by atoms with Gasteiger partial charge < -0.3 is 14.4 Å². The molecule has 0 aliphatic carbocycles. The third-order valence-electron chi connectivity index (χ3n) is 4.70. The van der Waals surface area contributed by atoms with Gasteiger partial charge in [-0.05, 0) is 37.9 Å². The minimum Gasteiger partial charge on any atom is -0.481 e. The van der Waals surface area contributed by atoms with Crippen LogP contribution in [0.3, 0.4) is 0 Å². The minimum absolute atomic E-state index is 0.173. The van der Waals surface area contributed by atoms with Crippen LogP contribution in [0.15, 0.2) is 18.2 Å². The fourth-order valence-corrected chi connectivity index (χ4v) is 3.65. The molecule has 1 unspecified atom stereocenters. The van der Waals surface area contributed by atoms with Crippen molar-refractivity contribution >= 4 is 5.97 Å². The van der Waals surface area contributed by atoms with Gasteiger partial charge in [-0.15, -0.1) is 0 Å². The summed E-state index contributed by atoms with van der Waals surface area (Å²) in [5.41, 5.74) is 0.137. The first-order valence-corrected chi connectivity index (χ1v) is 7.03. The molecule has 0 saturated carbocycles. The topological polar surface area (TPSA) is 51.7 Å². The van der Waals surface area contributed by atoms with E-state index in [2.05, 4.69) is 9.88 Å². The molecule has 2 bridgehead atoms. The number of piperidine rings is 3. The standard InChI is InChI=1S/C15H20N2O3/c1-19-13-5-3-4-12(16-13)15(14(18)20-2)10-17-8-6-11(15)7-9-17/h3-5,11H,6-10H2,1-2H3. The van der Waals surface area contributed by atoms with Gasteiger partial charge in [-0.3, -0.25) is 4.79 Å². The van der Waals surface area contributed by atoms with E-state index in [4.69, 9.17) is 9.47 Å². The molecule has 1 aromatic rings. The Bertz CT molecular complexity index is 512. The number of carbonyl (C=O) groups excluding carboxylic acids is 1. The maximum absolute atomic E-state index is 12.5. The van der Waals surface area contributed by atoms with Crippen molar-refractivity contribution < 1.29 is 14.3 Å². The highest BCUT2D eigenvalue weighted by molar-refractivity contribution is 5.84. The molecule has 0 radical (unpaired) electrons. The number of hydrogen-bond acceptors (Lipinski definition) is 5. The Kier molecular flexibility index (Phi) is 3.38. The first-order valence-electron chi connectivity index (χ1n) is 7.03. The third kappa shape index (κ3) is 1.88. The summed E-state index contributed by atoms with van der Waals surface area (Å²) in [4.78, 5) is 19.4. The van der Waals surface area contributed by atoms with Crippen molar-refractivity contribution in [2.75, 3.05) is 33.9 Å². The van der Waals surface area contributed by atoms with E-state index in [0.29, 0.717) is 18.3 Å². The first kappa shape index (κ1) is 13.4. The van der Waals surface area contributed by atoms with Crippen LogP contribution in [0.1, 0.15) is 18.5 Å². The van der Waals surface area contributed by atoms with E-state index in [1.807, 2.05) is 12.1 Å². The van der Waals surface area contributed by atoms with Crippen molar-refractivity contribution in [3.05, 3.63) is 23.9 Å². The molecule has 3 fully saturated rings. The molecule has 20 heavy (non-hydrogen) atoms. The Balaban J connectivity index is 2.08. The Morgan fingerprint density at radius 3 is 2.65 bits per heavy atom. The number of hydrogen-bond donors (Lipinski definition) is 0. The van der Waals surface area contributed by atoms with Crippen LogP contribution >= 0.6 is 0 Å². The summed E-state index contributed by atoms with van der Waals surface area (Å²) in [5, 5.41) is 0. The fraction of sp³-hybridized carbons (Fsp3) is 0.600. The highest BCUT2D eigenvalue weighted by atomic mass is 16.5. The number of aromatic nitrogens is 1. The van der Waals surface area contributed by atoms with Gasteiger partial charge in [0.2, 0.25) is 5.88 Å². The molecule has 4 rings (SSSR count). The maximum Gasteiger partial charge on any atom is 0.319 e. The zero-order valence-corrected chi connectivity index (χ0v) is 12.0. The van der Waals surface area contributed by atoms with Crippen LogP contribution in [0, 0.1) is 5.92 Å². The highest BCUT2D eigenvalue weighted by Crippen LogP contribution is 2.44. The van der Waals surface area contributed by atoms with Gasteiger partial charge in [0.15, 0.2) is 0 Å². The summed E-state index contributed by atoms with van der Waals surface area (Å²) >= 11 is 0. The molecule has 5 nitrogen and oxygen atoms in total. The second-order valence-electron chi connectivity index (χ2n) is 5.58. The SMILES string of the molecule is COC(=O)C1(c2cccc(OC)n2)CN2CCC1CC2. The van der Waals surface area contributed by atoms with E-state index in [9.17, 15) is 4.79 Å². The van der Waals surface area contributed by atoms with Crippen LogP contribution < -0.4 is 4.74 Å². The normalized spacial score (nSPS) is 31.9. The van der Waals surface area contributed by atoms with Gasteiger partial charge in [0.05, 0.1) is 19.9 Å². The van der Waals surface area contributed by atoms with E-state index in [0.717, 1.165) is 31.6 Å². The Labute approximate surface area is 118 Å². The molecule has 4 heterocycles. The van der Waals surface area contributed by atoms with E-state index in [1.54, 1.807) is 13.2 Å². The average molecular weight is 276 g/mol. The minimum atomic E-state index is -0.639. The van der Waals surface area contributed by atoms with E-state index in [-0.39, 0.29) is 5.97 Å². The molecule has 0 N–H and O–H groups in total. The monoisotopic (exact) mass is 276 g/mol. The zero-order chi connectivity index (χ0) is 14.2. The van der Waals surface area contributed by atoms with Crippen LogP contribution in [0.4, 0.5) is 0 Å². The lowest BCUT2D eigenvalue weighted by Gasteiger charge is -2.51. The van der Waals surface area contributed by atoms with Crippen molar-refractivity contribution in [2.24, 2.45) is 5.92 Å². The Morgan fingerprint density at radius 2 is 2.10 bits per heavy atom. The van der Waals surface area contributed by atoms with Gasteiger partial charge >= 0.3 is 5.97 Å². The number of methoxy groups -OCH3 is 2. The predicted octanol–water partition coefficient (Wildman–Crippen LogP) is 1.23. The smallest absolute Gasteiger partial charge is 0.319 e. The van der Waals surface area contributed by atoms with Gasteiger partial charge in [0.25, 0.3) is 0 Å². The molecule has 1 atom stereocenters. The van der Waals surface area contributed by atoms with Crippen LogP contribution in [0.2, 0.25) is 0 Å². The summed E-state index contributed by atoms with van der Waals surface area (Å²) < 4.78 is 10.3. The van der Waals surface area contributed by atoms with Gasteiger partial charge in [0, 0.05) is 12.6 Å². The van der Waals surface area contributed by atoms with Crippen molar-refractivity contribution in [1.82, 2.24) is 9.88 Å². The molecule has 5 heteroatoms. The van der Waals surface area contributed by atoms with Crippen LogP contribution in [0.25, 0.3) is 0 Å². The summed E-state index contributed by atoms with van der Waals surface area (Å²) in [6.45, 7) is 2.82. The molecule has 3 aliphatic heterocycles. The largest absolute Gasteiger partial charge is 0.481 e. The molecular weight excluding hydrogens is 256 g/mol. The second kappa shape index (κ2) is 5.05. The molecule has 3 aliphatic rings. The summed E-state index contributed by atoms with van der Waals surface area (Å²) in [7, 11) is 3.05. The van der Waals surface area contributed by atoms with Crippen LogP contribution in [-0.4, -0.2) is 49.7 Å². The van der Waals surface area contributed by atoms with E-state index < -0.39 is 5.41 Å². The van der Waals surface area contributed by atoms with Crippen molar-refractivity contribution in [1.29, 1.82) is 0 Å². The number of carbonyl (C=O) groups is 1. The lowest BCUT2D eigenvalue weighted by molar-refractivity contribution is -0.156. The quantitative estimate of drug-likeness (QED) is 0.777. The third-order valence-corrected chi connectivity index (χ3v) is 4.70. The Hall–Kier alpha value is -1.62.